The minimum Gasteiger partial charge on any atom is -0.480 e. The SMILES string of the molecule is Cc1ncc(-c2ccc3nc(NCCC4CCN(CC(=O)O)CC4)sc3c2)cc1NC(=O)OC1CCCCC1. The van der Waals surface area contributed by atoms with Gasteiger partial charge in [-0.1, -0.05) is 23.8 Å². The molecule has 1 amide bonds. The standard InChI is InChI=1S/C29H37N5O4S/c1-19-25(33-29(37)38-23-5-3-2-4-6-23)15-22(17-31-19)21-7-8-24-26(16-21)39-28(32-24)30-12-9-20-10-13-34(14-11-20)18-27(35)36/h7-8,15-17,20,23H,2-6,9-14,18H2,1H3,(H,30,32)(H,33,37)(H,35,36). The normalized spacial score (nSPS) is 17.3. The van der Waals surface area contributed by atoms with Crippen molar-refractivity contribution in [3.63, 3.8) is 0 Å². The number of carbonyl (C=O) groups excluding carboxylic acids is 1. The van der Waals surface area contributed by atoms with Gasteiger partial charge in [-0.25, -0.2) is 9.78 Å². The number of thiazole rings is 1. The molecule has 2 aliphatic rings. The molecule has 10 heteroatoms. The number of carboxylic acids is 1. The van der Waals surface area contributed by atoms with Gasteiger partial charge in [0.1, 0.15) is 6.10 Å². The van der Waals surface area contributed by atoms with Crippen LogP contribution in [-0.4, -0.2) is 64.3 Å². The predicted octanol–water partition coefficient (Wildman–Crippen LogP) is 6.15. The van der Waals surface area contributed by atoms with Gasteiger partial charge in [0.05, 0.1) is 28.1 Å². The number of carboxylic acid groups (broad SMARTS) is 1. The Hall–Kier alpha value is -3.24. The van der Waals surface area contributed by atoms with Gasteiger partial charge in [-0.2, -0.15) is 0 Å². The van der Waals surface area contributed by atoms with Crippen molar-refractivity contribution in [2.75, 3.05) is 36.8 Å². The number of likely N-dealkylation sites (tertiary alicyclic amines) is 1. The number of hydrogen-bond donors (Lipinski definition) is 3. The fourth-order valence-electron chi connectivity index (χ4n) is 5.48. The monoisotopic (exact) mass is 551 g/mol. The van der Waals surface area contributed by atoms with Crippen molar-refractivity contribution in [2.24, 2.45) is 5.92 Å². The lowest BCUT2D eigenvalue weighted by molar-refractivity contribution is -0.138. The van der Waals surface area contributed by atoms with Crippen molar-refractivity contribution in [2.45, 2.75) is 64.4 Å². The van der Waals surface area contributed by atoms with Crippen LogP contribution in [0.2, 0.25) is 0 Å². The number of amides is 1. The number of aromatic nitrogens is 2. The Kier molecular flexibility index (Phi) is 8.93. The van der Waals surface area contributed by atoms with Crippen molar-refractivity contribution in [3.05, 3.63) is 36.2 Å². The molecule has 3 aromatic rings. The largest absolute Gasteiger partial charge is 0.480 e. The number of rotatable bonds is 9. The van der Waals surface area contributed by atoms with Crippen LogP contribution < -0.4 is 10.6 Å². The third-order valence-electron chi connectivity index (χ3n) is 7.77. The van der Waals surface area contributed by atoms with Gasteiger partial charge < -0.3 is 15.2 Å². The molecule has 9 nitrogen and oxygen atoms in total. The molecule has 1 aliphatic heterocycles. The molecule has 5 rings (SSSR count). The van der Waals surface area contributed by atoms with E-state index < -0.39 is 12.1 Å². The quantitative estimate of drug-likeness (QED) is 0.290. The Morgan fingerprint density at radius 1 is 1.10 bits per heavy atom. The number of anilines is 2. The summed E-state index contributed by atoms with van der Waals surface area (Å²) in [5.41, 5.74) is 4.29. The molecular weight excluding hydrogens is 514 g/mol. The van der Waals surface area contributed by atoms with Crippen LogP contribution >= 0.6 is 11.3 Å². The van der Waals surface area contributed by atoms with E-state index in [-0.39, 0.29) is 12.6 Å². The van der Waals surface area contributed by atoms with Crippen LogP contribution in [-0.2, 0) is 9.53 Å². The number of nitrogens with zero attached hydrogens (tertiary/aromatic N) is 3. The molecule has 2 aromatic heterocycles. The number of fused-ring (bicyclic) bond motifs is 1. The highest BCUT2D eigenvalue weighted by Gasteiger charge is 2.21. The summed E-state index contributed by atoms with van der Waals surface area (Å²) in [4.78, 5) is 34.7. The molecule has 208 valence electrons. The highest BCUT2D eigenvalue weighted by Crippen LogP contribution is 2.32. The van der Waals surface area contributed by atoms with E-state index in [9.17, 15) is 9.59 Å². The van der Waals surface area contributed by atoms with E-state index in [1.54, 1.807) is 11.3 Å². The molecule has 0 bridgehead atoms. The average molecular weight is 552 g/mol. The van der Waals surface area contributed by atoms with Crippen molar-refractivity contribution < 1.29 is 19.4 Å². The molecule has 2 fully saturated rings. The zero-order valence-electron chi connectivity index (χ0n) is 22.4. The van der Waals surface area contributed by atoms with E-state index in [0.717, 1.165) is 96.7 Å². The summed E-state index contributed by atoms with van der Waals surface area (Å²) in [6.45, 7) is 4.58. The molecule has 1 aromatic carbocycles. The molecular formula is C29H37N5O4S. The topological polar surface area (TPSA) is 117 Å². The predicted molar refractivity (Wildman–Crippen MR) is 154 cm³/mol. The van der Waals surface area contributed by atoms with E-state index >= 15 is 0 Å². The maximum absolute atomic E-state index is 12.5. The number of hydrogen-bond acceptors (Lipinski definition) is 8. The number of carbonyl (C=O) groups is 2. The lowest BCUT2D eigenvalue weighted by atomic mass is 9.93. The van der Waals surface area contributed by atoms with Crippen molar-refractivity contribution in [1.82, 2.24) is 14.9 Å². The molecule has 0 spiro atoms. The van der Waals surface area contributed by atoms with Crippen LogP contribution in [0.4, 0.5) is 15.6 Å². The van der Waals surface area contributed by atoms with Gasteiger partial charge in [0.15, 0.2) is 5.13 Å². The molecule has 1 aliphatic carbocycles. The van der Waals surface area contributed by atoms with Gasteiger partial charge in [0, 0.05) is 18.3 Å². The molecule has 0 unspecified atom stereocenters. The number of ether oxygens (including phenoxy) is 1. The first-order valence-corrected chi connectivity index (χ1v) is 14.8. The van der Waals surface area contributed by atoms with Gasteiger partial charge in [0.25, 0.3) is 0 Å². The van der Waals surface area contributed by atoms with Gasteiger partial charge in [-0.15, -0.1) is 0 Å². The minimum absolute atomic E-state index is 0.00332. The Bertz CT molecular complexity index is 1300. The van der Waals surface area contributed by atoms with Crippen molar-refractivity contribution in [3.8, 4) is 11.1 Å². The number of aliphatic carboxylic acids is 1. The lowest BCUT2D eigenvalue weighted by Gasteiger charge is -2.30. The molecule has 0 radical (unpaired) electrons. The first kappa shape index (κ1) is 27.3. The van der Waals surface area contributed by atoms with Crippen LogP contribution in [0.25, 0.3) is 21.3 Å². The van der Waals surface area contributed by atoms with E-state index in [1.165, 1.54) is 6.42 Å². The molecule has 3 N–H and O–H groups in total. The van der Waals surface area contributed by atoms with Gasteiger partial charge in [0.2, 0.25) is 0 Å². The van der Waals surface area contributed by atoms with Crippen LogP contribution in [0.3, 0.4) is 0 Å². The molecule has 39 heavy (non-hydrogen) atoms. The van der Waals surface area contributed by atoms with E-state index in [1.807, 2.05) is 36.2 Å². The smallest absolute Gasteiger partial charge is 0.411 e. The second-order valence-electron chi connectivity index (χ2n) is 10.7. The van der Waals surface area contributed by atoms with Gasteiger partial charge >= 0.3 is 12.1 Å². The highest BCUT2D eigenvalue weighted by atomic mass is 32.1. The summed E-state index contributed by atoms with van der Waals surface area (Å²) in [6.07, 6.45) is 9.86. The Morgan fingerprint density at radius 2 is 1.90 bits per heavy atom. The Labute approximate surface area is 233 Å². The first-order chi connectivity index (χ1) is 18.9. The first-order valence-electron chi connectivity index (χ1n) is 14.0. The maximum atomic E-state index is 12.5. The zero-order chi connectivity index (χ0) is 27.2. The fraction of sp³-hybridized carbons (Fsp3) is 0.517. The molecule has 3 heterocycles. The summed E-state index contributed by atoms with van der Waals surface area (Å²) < 4.78 is 6.72. The van der Waals surface area contributed by atoms with E-state index in [4.69, 9.17) is 14.8 Å². The summed E-state index contributed by atoms with van der Waals surface area (Å²) >= 11 is 1.63. The van der Waals surface area contributed by atoms with E-state index in [0.29, 0.717) is 11.6 Å². The van der Waals surface area contributed by atoms with Crippen LogP contribution in [0.15, 0.2) is 30.5 Å². The second-order valence-corrected chi connectivity index (χ2v) is 11.7. The van der Waals surface area contributed by atoms with Crippen molar-refractivity contribution in [1.29, 1.82) is 0 Å². The second kappa shape index (κ2) is 12.7. The van der Waals surface area contributed by atoms with Crippen molar-refractivity contribution >= 4 is 44.4 Å². The van der Waals surface area contributed by atoms with Crippen LogP contribution in [0, 0.1) is 12.8 Å². The summed E-state index contributed by atoms with van der Waals surface area (Å²) in [5.74, 6) is -0.139. The van der Waals surface area contributed by atoms with Crippen LogP contribution in [0.1, 0.15) is 57.1 Å². The minimum atomic E-state index is -0.751. The number of nitrogens with one attached hydrogen (secondary N) is 2. The maximum Gasteiger partial charge on any atom is 0.411 e. The lowest BCUT2D eigenvalue weighted by Crippen LogP contribution is -2.37. The number of pyridine rings is 1. The molecule has 0 atom stereocenters. The number of piperidine rings is 1. The molecule has 1 saturated heterocycles. The summed E-state index contributed by atoms with van der Waals surface area (Å²) in [5, 5.41) is 16.2. The zero-order valence-corrected chi connectivity index (χ0v) is 23.3. The summed E-state index contributed by atoms with van der Waals surface area (Å²) in [6, 6.07) is 8.13. The fourth-order valence-corrected chi connectivity index (χ4v) is 6.41. The molecule has 1 saturated carbocycles. The third-order valence-corrected chi connectivity index (χ3v) is 8.74. The van der Waals surface area contributed by atoms with Gasteiger partial charge in [-0.05, 0) is 94.6 Å². The number of benzene rings is 1. The number of aryl methyl sites for hydroxylation is 1. The third kappa shape index (κ3) is 7.45. The Morgan fingerprint density at radius 3 is 2.67 bits per heavy atom. The van der Waals surface area contributed by atoms with Crippen LogP contribution in [0.5, 0.6) is 0 Å². The van der Waals surface area contributed by atoms with E-state index in [2.05, 4.69) is 21.7 Å². The Balaban J connectivity index is 1.17. The average Bonchev–Trinajstić information content (AvgIpc) is 3.33. The van der Waals surface area contributed by atoms with Gasteiger partial charge in [-0.3, -0.25) is 20.0 Å². The summed E-state index contributed by atoms with van der Waals surface area (Å²) in [7, 11) is 0. The highest BCUT2D eigenvalue weighted by molar-refractivity contribution is 7.22.